The van der Waals surface area contributed by atoms with Crippen LogP contribution in [0.3, 0.4) is 0 Å². The number of benzene rings is 2. The molecule has 3 N–H and O–H groups in total. The number of ether oxygens (including phenoxy) is 1. The largest absolute Gasteiger partial charge is 0.481 e. The van der Waals surface area contributed by atoms with Crippen molar-refractivity contribution in [1.82, 2.24) is 10.6 Å². The van der Waals surface area contributed by atoms with Gasteiger partial charge in [0, 0.05) is 30.8 Å². The Morgan fingerprint density at radius 2 is 1.63 bits per heavy atom. The summed E-state index contributed by atoms with van der Waals surface area (Å²) in [6.45, 7) is 2.08. The highest BCUT2D eigenvalue weighted by Gasteiger charge is 2.31. The van der Waals surface area contributed by atoms with Crippen LogP contribution in [-0.2, 0) is 14.3 Å². The summed E-state index contributed by atoms with van der Waals surface area (Å²) in [6, 6.07) is 16.2. The molecule has 3 atom stereocenters. The van der Waals surface area contributed by atoms with Crippen LogP contribution in [0.25, 0.3) is 11.1 Å². The highest BCUT2D eigenvalue weighted by atomic mass is 16.5. The van der Waals surface area contributed by atoms with Gasteiger partial charge >= 0.3 is 12.1 Å². The SMILES string of the molecule is CC(CCC(=O)O)NC(=O)CC1CCCCC1NC(=O)OCC1c2ccccc2-c2ccccc21. The fourth-order valence-electron chi connectivity index (χ4n) is 5.42. The quantitative estimate of drug-likeness (QED) is 0.478. The number of aliphatic carboxylic acids is 1. The molecule has 2 amide bonds. The number of hydrogen-bond acceptors (Lipinski definition) is 4. The van der Waals surface area contributed by atoms with Gasteiger partial charge in [0.25, 0.3) is 0 Å². The number of carboxylic acids is 1. The lowest BCUT2D eigenvalue weighted by Crippen LogP contribution is -2.45. The normalized spacial score (nSPS) is 19.8. The van der Waals surface area contributed by atoms with E-state index < -0.39 is 12.1 Å². The van der Waals surface area contributed by atoms with Gasteiger partial charge in [0.15, 0.2) is 0 Å². The molecule has 186 valence electrons. The van der Waals surface area contributed by atoms with Gasteiger partial charge in [-0.05, 0) is 54.4 Å². The third-order valence-corrected chi connectivity index (χ3v) is 7.20. The lowest BCUT2D eigenvalue weighted by molar-refractivity contribution is -0.137. The first-order chi connectivity index (χ1) is 16.9. The summed E-state index contributed by atoms with van der Waals surface area (Å²) in [5.74, 6) is -0.927. The molecule has 0 bridgehead atoms. The van der Waals surface area contributed by atoms with Crippen molar-refractivity contribution in [3.8, 4) is 11.1 Å². The summed E-state index contributed by atoms with van der Waals surface area (Å²) < 4.78 is 5.71. The van der Waals surface area contributed by atoms with E-state index in [1.54, 1.807) is 0 Å². The molecule has 0 aliphatic heterocycles. The Hall–Kier alpha value is -3.35. The average molecular weight is 479 g/mol. The highest BCUT2D eigenvalue weighted by Crippen LogP contribution is 2.44. The van der Waals surface area contributed by atoms with Gasteiger partial charge in [-0.15, -0.1) is 0 Å². The van der Waals surface area contributed by atoms with Crippen molar-refractivity contribution in [2.75, 3.05) is 6.61 Å². The minimum atomic E-state index is -0.870. The molecule has 0 saturated heterocycles. The number of amides is 2. The van der Waals surface area contributed by atoms with E-state index in [9.17, 15) is 14.4 Å². The number of alkyl carbamates (subject to hydrolysis) is 1. The maximum atomic E-state index is 12.8. The van der Waals surface area contributed by atoms with Gasteiger partial charge in [-0.1, -0.05) is 61.4 Å². The molecule has 7 heteroatoms. The number of fused-ring (bicyclic) bond motifs is 3. The Morgan fingerprint density at radius 3 is 2.29 bits per heavy atom. The van der Waals surface area contributed by atoms with Gasteiger partial charge in [0.1, 0.15) is 6.61 Å². The zero-order valence-corrected chi connectivity index (χ0v) is 20.2. The van der Waals surface area contributed by atoms with Gasteiger partial charge in [0.2, 0.25) is 5.91 Å². The van der Waals surface area contributed by atoms with Crippen LogP contribution in [-0.4, -0.2) is 41.8 Å². The van der Waals surface area contributed by atoms with Crippen LogP contribution < -0.4 is 10.6 Å². The predicted octanol–water partition coefficient (Wildman–Crippen LogP) is 4.84. The van der Waals surface area contributed by atoms with E-state index in [4.69, 9.17) is 9.84 Å². The molecule has 2 aromatic carbocycles. The Kier molecular flexibility index (Phi) is 8.06. The number of nitrogens with one attached hydrogen (secondary N) is 2. The van der Waals surface area contributed by atoms with Crippen LogP contribution in [0.4, 0.5) is 4.79 Å². The minimum absolute atomic E-state index is 0.00775. The number of carboxylic acid groups (broad SMARTS) is 1. The maximum absolute atomic E-state index is 12.8. The van der Waals surface area contributed by atoms with E-state index in [0.29, 0.717) is 12.8 Å². The maximum Gasteiger partial charge on any atom is 0.407 e. The van der Waals surface area contributed by atoms with Crippen molar-refractivity contribution in [3.05, 3.63) is 59.7 Å². The van der Waals surface area contributed by atoms with E-state index in [1.165, 1.54) is 22.3 Å². The molecule has 7 nitrogen and oxygen atoms in total. The van der Waals surface area contributed by atoms with Crippen molar-refractivity contribution in [3.63, 3.8) is 0 Å². The Balaban J connectivity index is 1.31. The van der Waals surface area contributed by atoms with E-state index >= 15 is 0 Å². The van der Waals surface area contributed by atoms with Gasteiger partial charge in [-0.2, -0.15) is 0 Å². The molecule has 0 radical (unpaired) electrons. The average Bonchev–Trinajstić information content (AvgIpc) is 3.16. The monoisotopic (exact) mass is 478 g/mol. The molecule has 2 aliphatic rings. The zero-order valence-electron chi connectivity index (χ0n) is 20.2. The smallest absolute Gasteiger partial charge is 0.407 e. The van der Waals surface area contributed by atoms with Gasteiger partial charge in [0.05, 0.1) is 0 Å². The summed E-state index contributed by atoms with van der Waals surface area (Å²) in [5, 5.41) is 14.7. The molecule has 2 aliphatic carbocycles. The second-order valence-electron chi connectivity index (χ2n) is 9.73. The molecular formula is C28H34N2O5. The molecule has 35 heavy (non-hydrogen) atoms. The lowest BCUT2D eigenvalue weighted by Gasteiger charge is -2.32. The van der Waals surface area contributed by atoms with Crippen LogP contribution in [0.2, 0.25) is 0 Å². The zero-order chi connectivity index (χ0) is 24.8. The Labute approximate surface area is 206 Å². The number of rotatable bonds is 9. The van der Waals surface area contributed by atoms with Crippen LogP contribution in [0, 0.1) is 5.92 Å². The number of carbonyl (C=O) groups excluding carboxylic acids is 2. The van der Waals surface area contributed by atoms with Crippen molar-refractivity contribution in [1.29, 1.82) is 0 Å². The van der Waals surface area contributed by atoms with Crippen molar-refractivity contribution >= 4 is 18.0 Å². The van der Waals surface area contributed by atoms with Gasteiger partial charge in [-0.25, -0.2) is 4.79 Å². The molecular weight excluding hydrogens is 444 g/mol. The summed E-state index contributed by atoms with van der Waals surface area (Å²) in [6.07, 6.45) is 3.99. The third kappa shape index (κ3) is 6.21. The topological polar surface area (TPSA) is 105 Å². The fraction of sp³-hybridized carbons (Fsp3) is 0.464. The molecule has 0 heterocycles. The Morgan fingerprint density at radius 1 is 1.00 bits per heavy atom. The van der Waals surface area contributed by atoms with E-state index in [2.05, 4.69) is 34.9 Å². The molecule has 1 fully saturated rings. The second-order valence-corrected chi connectivity index (χ2v) is 9.73. The number of carbonyl (C=O) groups is 3. The van der Waals surface area contributed by atoms with E-state index in [1.807, 2.05) is 31.2 Å². The standard InChI is InChI=1S/C28H34N2O5/c1-18(14-15-27(32)33)29-26(31)16-19-8-2-7-13-25(19)30-28(34)35-17-24-22-11-5-3-9-20(22)21-10-4-6-12-23(21)24/h3-6,9-12,18-19,24-25H,2,7-8,13-17H2,1H3,(H,29,31)(H,30,34)(H,32,33). The second kappa shape index (κ2) is 11.4. The summed E-state index contributed by atoms with van der Waals surface area (Å²) in [5.41, 5.74) is 4.72. The van der Waals surface area contributed by atoms with Crippen LogP contribution in [0.5, 0.6) is 0 Å². The molecule has 0 aromatic heterocycles. The molecule has 3 unspecified atom stereocenters. The molecule has 2 aromatic rings. The van der Waals surface area contributed by atoms with Crippen LogP contribution >= 0.6 is 0 Å². The van der Waals surface area contributed by atoms with Gasteiger partial charge in [-0.3, -0.25) is 9.59 Å². The summed E-state index contributed by atoms with van der Waals surface area (Å²) >= 11 is 0. The van der Waals surface area contributed by atoms with Crippen LogP contribution in [0.15, 0.2) is 48.5 Å². The van der Waals surface area contributed by atoms with E-state index in [-0.39, 0.29) is 42.9 Å². The van der Waals surface area contributed by atoms with Crippen molar-refractivity contribution in [2.24, 2.45) is 5.92 Å². The first-order valence-corrected chi connectivity index (χ1v) is 12.5. The highest BCUT2D eigenvalue weighted by molar-refractivity contribution is 5.79. The van der Waals surface area contributed by atoms with Crippen molar-refractivity contribution < 1.29 is 24.2 Å². The predicted molar refractivity (Wildman–Crippen MR) is 133 cm³/mol. The van der Waals surface area contributed by atoms with Crippen molar-refractivity contribution in [2.45, 2.75) is 69.9 Å². The lowest BCUT2D eigenvalue weighted by atomic mass is 9.82. The Bertz CT molecular complexity index is 1020. The minimum Gasteiger partial charge on any atom is -0.481 e. The van der Waals surface area contributed by atoms with E-state index in [0.717, 1.165) is 25.7 Å². The summed E-state index contributed by atoms with van der Waals surface area (Å²) in [7, 11) is 0. The summed E-state index contributed by atoms with van der Waals surface area (Å²) in [4.78, 5) is 36.0. The van der Waals surface area contributed by atoms with Gasteiger partial charge < -0.3 is 20.5 Å². The first kappa shape index (κ1) is 24.8. The first-order valence-electron chi connectivity index (χ1n) is 12.5. The molecule has 4 rings (SSSR count). The fourth-order valence-corrected chi connectivity index (χ4v) is 5.42. The number of hydrogen-bond donors (Lipinski definition) is 3. The molecule has 1 saturated carbocycles. The third-order valence-electron chi connectivity index (χ3n) is 7.20. The molecule has 0 spiro atoms. The van der Waals surface area contributed by atoms with Crippen LogP contribution in [0.1, 0.15) is 68.9 Å².